The van der Waals surface area contributed by atoms with E-state index < -0.39 is 178 Å². The van der Waals surface area contributed by atoms with E-state index in [1.165, 1.54) is 60.4 Å². The number of phenolic OH excluding ortho intramolecular Hbond substituents is 2. The van der Waals surface area contributed by atoms with Crippen molar-refractivity contribution in [1.82, 2.24) is 46.6 Å². The van der Waals surface area contributed by atoms with Gasteiger partial charge < -0.3 is 104 Å². The Balaban J connectivity index is 1.39. The number of nitrogens with zero attached hydrogens (tertiary/aromatic N) is 3. The molecule has 3 fully saturated rings. The van der Waals surface area contributed by atoms with Crippen molar-refractivity contribution < 1.29 is 97.5 Å². The second kappa shape index (κ2) is 33.3. The summed E-state index contributed by atoms with van der Waals surface area (Å²) in [4.78, 5) is 162. The first kappa shape index (κ1) is 71.4. The quantitative estimate of drug-likeness (QED) is 0.0241. The van der Waals surface area contributed by atoms with Gasteiger partial charge in [-0.25, -0.2) is 9.36 Å². The van der Waals surface area contributed by atoms with Gasteiger partial charge >= 0.3 is 13.8 Å². The van der Waals surface area contributed by atoms with E-state index in [1.54, 1.807) is 0 Å². The van der Waals surface area contributed by atoms with Crippen molar-refractivity contribution in [3.05, 3.63) is 59.7 Å². The van der Waals surface area contributed by atoms with Crippen LogP contribution in [0.15, 0.2) is 48.5 Å². The molecule has 32 nitrogen and oxygen atoms in total. The maximum atomic E-state index is 14.9. The topological polar surface area (TPSA) is 519 Å². The lowest BCUT2D eigenvalue weighted by molar-refractivity contribution is -0.148. The number of carbonyl (C=O) groups is 10. The third kappa shape index (κ3) is 20.6. The number of carboxylic acids is 1. The maximum absolute atomic E-state index is 14.9. The predicted molar refractivity (Wildman–Crippen MR) is 309 cm³/mol. The van der Waals surface area contributed by atoms with E-state index in [0.29, 0.717) is 49.8 Å². The maximum Gasteiger partial charge on any atom is 0.469 e. The molecule has 9 amide bonds. The molecular weight excluding hydrogens is 1180 g/mol. The van der Waals surface area contributed by atoms with Gasteiger partial charge in [0.2, 0.25) is 53.2 Å². The number of nitrogens with two attached hydrogens (primary N) is 3. The van der Waals surface area contributed by atoms with Crippen LogP contribution in [0.5, 0.6) is 11.5 Å². The molecule has 2 aromatic carbocycles. The van der Waals surface area contributed by atoms with Gasteiger partial charge in [0, 0.05) is 45.3 Å². The molecule has 0 radical (unpaired) electrons. The van der Waals surface area contributed by atoms with Gasteiger partial charge in [0.05, 0.1) is 31.0 Å². The monoisotopic (exact) mass is 1260 g/mol. The lowest BCUT2D eigenvalue weighted by Gasteiger charge is -2.34. The van der Waals surface area contributed by atoms with E-state index in [9.17, 15) is 92.9 Å². The molecule has 3 aliphatic heterocycles. The van der Waals surface area contributed by atoms with E-state index in [4.69, 9.17) is 21.7 Å². The molecule has 5 rings (SSSR count). The van der Waals surface area contributed by atoms with Crippen molar-refractivity contribution in [3.63, 3.8) is 0 Å². The molecule has 2 aromatic rings. The average molecular weight is 1260 g/mol. The summed E-state index contributed by atoms with van der Waals surface area (Å²) in [5.74, 6) is -10.5. The van der Waals surface area contributed by atoms with Crippen LogP contribution in [0, 0.1) is 0 Å². The number of phosphoric acid groups is 1. The number of aliphatic hydroxyl groups is 3. The number of phenols is 2. The molecule has 88 heavy (non-hydrogen) atoms. The van der Waals surface area contributed by atoms with Gasteiger partial charge in [-0.3, -0.25) is 47.7 Å². The first-order chi connectivity index (χ1) is 41.5. The van der Waals surface area contributed by atoms with Gasteiger partial charge in [-0.2, -0.15) is 0 Å². The molecule has 33 heteroatoms. The molecule has 0 bridgehead atoms. The molecule has 3 aliphatic rings. The van der Waals surface area contributed by atoms with Crippen molar-refractivity contribution in [2.24, 2.45) is 17.2 Å². The fourth-order valence-corrected chi connectivity index (χ4v) is 11.2. The smallest absolute Gasteiger partial charge is 0.469 e. The minimum atomic E-state index is -5.47. The molecular formula is C55H83N12O20P. The third-order valence-electron chi connectivity index (χ3n) is 15.3. The van der Waals surface area contributed by atoms with Gasteiger partial charge in [0.1, 0.15) is 65.9 Å². The number of amides is 9. The van der Waals surface area contributed by atoms with E-state index >= 15 is 0 Å². The second-order valence-corrected chi connectivity index (χ2v) is 23.4. The number of aromatic hydroxyl groups is 2. The minimum absolute atomic E-state index is 0.0632. The number of nitrogens with one attached hydrogen (secondary N) is 6. The van der Waals surface area contributed by atoms with Crippen LogP contribution in [0.1, 0.15) is 89.2 Å². The first-order valence-corrected chi connectivity index (χ1v) is 30.5. The van der Waals surface area contributed by atoms with E-state index in [1.807, 2.05) is 0 Å². The number of aliphatic hydroxyl groups excluding tert-OH is 3. The van der Waals surface area contributed by atoms with E-state index in [-0.39, 0.29) is 56.7 Å². The zero-order valence-corrected chi connectivity index (χ0v) is 49.7. The van der Waals surface area contributed by atoms with E-state index in [0.717, 1.165) is 16.7 Å². The van der Waals surface area contributed by atoms with Crippen LogP contribution in [0.25, 0.3) is 0 Å². The summed E-state index contributed by atoms with van der Waals surface area (Å²) < 4.78 is 17.0. The Morgan fingerprint density at radius 2 is 1.08 bits per heavy atom. The fourth-order valence-electron chi connectivity index (χ4n) is 10.6. The number of phosphoric ester groups is 1. The van der Waals surface area contributed by atoms with Gasteiger partial charge in [-0.05, 0) is 114 Å². The summed E-state index contributed by atoms with van der Waals surface area (Å²) in [5, 5.41) is 77.1. The van der Waals surface area contributed by atoms with E-state index in [2.05, 4.69) is 31.9 Å². The van der Waals surface area contributed by atoms with Crippen LogP contribution in [-0.4, -0.2) is 232 Å². The highest BCUT2D eigenvalue weighted by Gasteiger charge is 2.49. The molecule has 0 unspecified atom stereocenters. The number of carboxylic acid groups (broad SMARTS) is 1. The summed E-state index contributed by atoms with van der Waals surface area (Å²) in [6.07, 6.45) is -4.16. The summed E-state index contributed by atoms with van der Waals surface area (Å²) >= 11 is 0. The van der Waals surface area contributed by atoms with Crippen LogP contribution in [0.4, 0.5) is 0 Å². The molecule has 0 spiro atoms. The number of likely N-dealkylation sites (tertiary alicyclic amines) is 3. The highest BCUT2D eigenvalue weighted by atomic mass is 31.2. The average Bonchev–Trinajstić information content (AvgIpc) is 3.47. The number of β-amino-alcohol motifs (C(OH)–C–C–N with tert-alkyl or cyclic N) is 2. The molecule has 3 heterocycles. The molecule has 3 saturated heterocycles. The van der Waals surface area contributed by atoms with Crippen molar-refractivity contribution in [3.8, 4) is 11.5 Å². The van der Waals surface area contributed by atoms with Crippen LogP contribution >= 0.6 is 7.82 Å². The van der Waals surface area contributed by atoms with Crippen LogP contribution in [0.2, 0.25) is 0 Å². The SMILES string of the molecule is C[C@H](N)C(=O)N[C@@H](CCCCN)C(=O)N1CCC[C@H]1C(=O)N[C@@H](CO)C(=O)N[C@@H](Cc1ccc(O)cc1)C(=O)N1C[C@H](O)C[C@H]1C(=O)N1C[C@H](O)C[C@H]1C(=O)N[C@H](C(=O)N[C@@H](Cc1ccc(O)cc1)C(=O)N[C@@H](CCCCN)C(=O)O)[C@@H](C)OP(=O)(O)O. The molecule has 0 aliphatic carbocycles. The minimum Gasteiger partial charge on any atom is -0.508 e. The highest BCUT2D eigenvalue weighted by Crippen LogP contribution is 2.38. The zero-order chi connectivity index (χ0) is 65.2. The summed E-state index contributed by atoms with van der Waals surface area (Å²) in [7, 11) is -5.47. The second-order valence-electron chi connectivity index (χ2n) is 22.2. The number of hydrogen-bond donors (Lipinski definition) is 17. The Kier molecular flexibility index (Phi) is 27.0. The van der Waals surface area contributed by atoms with Crippen molar-refractivity contribution >= 4 is 67.0 Å². The van der Waals surface area contributed by atoms with Gasteiger partial charge in [-0.15, -0.1) is 0 Å². The number of rotatable bonds is 32. The number of aliphatic carboxylic acids is 1. The number of hydrogen-bond acceptors (Lipinski definition) is 20. The number of unbranched alkanes of at least 4 members (excludes halogenated alkanes) is 2. The molecule has 488 valence electrons. The van der Waals surface area contributed by atoms with Gasteiger partial charge in [0.25, 0.3) is 0 Å². The van der Waals surface area contributed by atoms with Crippen LogP contribution < -0.4 is 49.1 Å². The third-order valence-corrected chi connectivity index (χ3v) is 15.9. The van der Waals surface area contributed by atoms with Crippen molar-refractivity contribution in [1.29, 1.82) is 0 Å². The largest absolute Gasteiger partial charge is 0.508 e. The molecule has 0 saturated carbocycles. The summed E-state index contributed by atoms with van der Waals surface area (Å²) in [5.41, 5.74) is 17.6. The number of carbonyl (C=O) groups excluding carboxylic acids is 9. The lowest BCUT2D eigenvalue weighted by atomic mass is 10.0. The lowest BCUT2D eigenvalue weighted by Crippen LogP contribution is -2.62. The normalized spacial score (nSPS) is 21.2. The van der Waals surface area contributed by atoms with Crippen LogP contribution in [-0.2, 0) is 69.9 Å². The first-order valence-electron chi connectivity index (χ1n) is 28.9. The summed E-state index contributed by atoms with van der Waals surface area (Å²) in [6, 6.07) is -4.44. The summed E-state index contributed by atoms with van der Waals surface area (Å²) in [6.45, 7) is 0.935. The molecule has 13 atom stereocenters. The Morgan fingerprint density at radius 1 is 0.602 bits per heavy atom. The standard InChI is InChI=1S/C55H83N12O20P/c1-29(58)46(73)59-37(8-3-5-19-56)52(79)65-21-7-10-42(65)49(76)63-41(28-68)48(75)62-40(23-32-13-17-34(70)18-14-32)53(80)67-27-36(72)25-44(67)54(81)66-26-35(71)24-43(66)50(77)64-45(30(2)87-88(84,85)86)51(78)61-39(22-31-11-15-33(69)16-12-31)47(74)60-38(55(82)83)9-4-6-20-57/h11-18,29-30,35-45,68-72H,3-10,19-28,56-58H2,1-2H3,(H,59,73)(H,60,74)(H,61,78)(H,62,75)(H,63,76)(H,64,77)(H,82,83)(H2,84,85,86)/t29-,30+,35+,36+,37-,38-,39-,40-,41-,42-,43-,44-,45-/m0/s1. The van der Waals surface area contributed by atoms with Gasteiger partial charge in [0.15, 0.2) is 0 Å². The fraction of sp³-hybridized carbons (Fsp3) is 0.600. The molecule has 0 aromatic heterocycles. The Bertz CT molecular complexity index is 2810. The van der Waals surface area contributed by atoms with Crippen molar-refractivity contribution in [2.75, 3.05) is 39.3 Å². The Hall–Kier alpha value is -7.39. The predicted octanol–water partition coefficient (Wildman–Crippen LogP) is -5.11. The Labute approximate surface area is 506 Å². The van der Waals surface area contributed by atoms with Crippen LogP contribution in [0.3, 0.4) is 0 Å². The Morgan fingerprint density at radius 3 is 1.61 bits per heavy atom. The number of benzene rings is 2. The molecule has 20 N–H and O–H groups in total. The zero-order valence-electron chi connectivity index (χ0n) is 48.8. The van der Waals surface area contributed by atoms with Crippen molar-refractivity contribution in [2.45, 2.75) is 170 Å². The van der Waals surface area contributed by atoms with Gasteiger partial charge in [-0.1, -0.05) is 24.3 Å². The highest BCUT2D eigenvalue weighted by molar-refractivity contribution is 7.46.